The molecule has 0 radical (unpaired) electrons. The summed E-state index contributed by atoms with van der Waals surface area (Å²) in [6.45, 7) is 3.27. The zero-order valence-corrected chi connectivity index (χ0v) is 11.2. The first-order valence-electron chi connectivity index (χ1n) is 5.49. The molecule has 1 heterocycles. The standard InChI is InChI=1S/C12H16N2O3S/c1-8-4-3-5-13-10(8)6-18-7-11(12(16)17)14-9(2)15/h3-5,11H,6-7H2,1-2H3,(H,14,15)(H,16,17)/t11-/m0/s1. The fourth-order valence-electron chi connectivity index (χ4n) is 1.36. The number of nitrogens with one attached hydrogen (secondary N) is 1. The molecule has 1 rings (SSSR count). The molecule has 0 saturated heterocycles. The topological polar surface area (TPSA) is 79.3 Å². The van der Waals surface area contributed by atoms with Crippen LogP contribution in [0, 0.1) is 6.92 Å². The van der Waals surface area contributed by atoms with Gasteiger partial charge in [0.25, 0.3) is 0 Å². The van der Waals surface area contributed by atoms with E-state index in [1.807, 2.05) is 19.1 Å². The molecule has 0 bridgehead atoms. The number of carbonyl (C=O) groups is 2. The largest absolute Gasteiger partial charge is 0.480 e. The zero-order chi connectivity index (χ0) is 13.5. The smallest absolute Gasteiger partial charge is 0.327 e. The Bertz CT molecular complexity index is 437. The number of nitrogens with zero attached hydrogens (tertiary/aromatic N) is 1. The highest BCUT2D eigenvalue weighted by Crippen LogP contribution is 2.14. The van der Waals surface area contributed by atoms with Gasteiger partial charge in [-0.25, -0.2) is 4.79 Å². The number of aromatic nitrogens is 1. The summed E-state index contributed by atoms with van der Waals surface area (Å²) >= 11 is 1.44. The highest BCUT2D eigenvalue weighted by Gasteiger charge is 2.18. The van der Waals surface area contributed by atoms with E-state index in [9.17, 15) is 9.59 Å². The molecule has 0 saturated carbocycles. The summed E-state index contributed by atoms with van der Waals surface area (Å²) in [5.41, 5.74) is 2.02. The van der Waals surface area contributed by atoms with E-state index >= 15 is 0 Å². The zero-order valence-electron chi connectivity index (χ0n) is 10.3. The van der Waals surface area contributed by atoms with Gasteiger partial charge < -0.3 is 10.4 Å². The average Bonchev–Trinajstić information content (AvgIpc) is 2.29. The van der Waals surface area contributed by atoms with Crippen LogP contribution in [0.5, 0.6) is 0 Å². The third-order valence-corrected chi connectivity index (χ3v) is 3.36. The molecule has 0 aliphatic rings. The number of hydrogen-bond acceptors (Lipinski definition) is 4. The van der Waals surface area contributed by atoms with Crippen molar-refractivity contribution in [2.24, 2.45) is 0 Å². The van der Waals surface area contributed by atoms with Crippen molar-refractivity contribution in [2.75, 3.05) is 5.75 Å². The van der Waals surface area contributed by atoms with Crippen molar-refractivity contribution < 1.29 is 14.7 Å². The second-order valence-electron chi connectivity index (χ2n) is 3.87. The number of amides is 1. The van der Waals surface area contributed by atoms with Crippen molar-refractivity contribution in [2.45, 2.75) is 25.6 Å². The molecular weight excluding hydrogens is 252 g/mol. The predicted molar refractivity (Wildman–Crippen MR) is 70.4 cm³/mol. The summed E-state index contributed by atoms with van der Waals surface area (Å²) < 4.78 is 0. The summed E-state index contributed by atoms with van der Waals surface area (Å²) in [6.07, 6.45) is 1.71. The fourth-order valence-corrected chi connectivity index (χ4v) is 2.44. The number of thioether (sulfide) groups is 1. The van der Waals surface area contributed by atoms with Gasteiger partial charge in [0.1, 0.15) is 6.04 Å². The van der Waals surface area contributed by atoms with Gasteiger partial charge in [-0.3, -0.25) is 9.78 Å². The van der Waals surface area contributed by atoms with Crippen LogP contribution in [0.15, 0.2) is 18.3 Å². The molecule has 0 aliphatic carbocycles. The number of rotatable bonds is 6. The van der Waals surface area contributed by atoms with Crippen LogP contribution in [-0.4, -0.2) is 33.8 Å². The average molecular weight is 268 g/mol. The third kappa shape index (κ3) is 4.75. The van der Waals surface area contributed by atoms with Gasteiger partial charge in [0.2, 0.25) is 5.91 Å². The Morgan fingerprint density at radius 3 is 2.83 bits per heavy atom. The van der Waals surface area contributed by atoms with Crippen molar-refractivity contribution in [3.63, 3.8) is 0 Å². The Morgan fingerprint density at radius 2 is 2.28 bits per heavy atom. The van der Waals surface area contributed by atoms with E-state index in [2.05, 4.69) is 10.3 Å². The van der Waals surface area contributed by atoms with E-state index in [1.165, 1.54) is 18.7 Å². The molecule has 18 heavy (non-hydrogen) atoms. The van der Waals surface area contributed by atoms with E-state index in [0.717, 1.165) is 11.3 Å². The minimum absolute atomic E-state index is 0.324. The van der Waals surface area contributed by atoms with Gasteiger partial charge >= 0.3 is 5.97 Å². The number of aliphatic carboxylic acids is 1. The van der Waals surface area contributed by atoms with Gasteiger partial charge in [-0.05, 0) is 18.6 Å². The molecule has 1 aromatic heterocycles. The summed E-state index contributed by atoms with van der Waals surface area (Å²) in [4.78, 5) is 26.0. The first kappa shape index (κ1) is 14.5. The highest BCUT2D eigenvalue weighted by atomic mass is 32.2. The maximum atomic E-state index is 10.9. The number of hydrogen-bond donors (Lipinski definition) is 2. The lowest BCUT2D eigenvalue weighted by molar-refractivity contribution is -0.140. The van der Waals surface area contributed by atoms with E-state index in [-0.39, 0.29) is 5.91 Å². The second kappa shape index (κ2) is 7.00. The summed E-state index contributed by atoms with van der Waals surface area (Å²) in [7, 11) is 0. The molecule has 2 N–H and O–H groups in total. The molecule has 5 nitrogen and oxygen atoms in total. The summed E-state index contributed by atoms with van der Waals surface area (Å²) in [5, 5.41) is 11.3. The Labute approximate surface area is 110 Å². The first-order valence-corrected chi connectivity index (χ1v) is 6.64. The predicted octanol–water partition coefficient (Wildman–Crippen LogP) is 1.21. The van der Waals surface area contributed by atoms with Gasteiger partial charge in [0.05, 0.1) is 5.69 Å². The van der Waals surface area contributed by atoms with Crippen LogP contribution in [0.25, 0.3) is 0 Å². The van der Waals surface area contributed by atoms with Crippen molar-refractivity contribution in [3.05, 3.63) is 29.6 Å². The number of carboxylic acid groups (broad SMARTS) is 1. The SMILES string of the molecule is CC(=O)N[C@@H](CSCc1ncccc1C)C(=O)O. The molecule has 0 aliphatic heterocycles. The maximum Gasteiger partial charge on any atom is 0.327 e. The Balaban J connectivity index is 2.46. The lowest BCUT2D eigenvalue weighted by atomic mass is 10.2. The van der Waals surface area contributed by atoms with E-state index in [4.69, 9.17) is 5.11 Å². The second-order valence-corrected chi connectivity index (χ2v) is 4.90. The van der Waals surface area contributed by atoms with E-state index in [0.29, 0.717) is 11.5 Å². The van der Waals surface area contributed by atoms with Crippen molar-refractivity contribution in [3.8, 4) is 0 Å². The first-order chi connectivity index (χ1) is 8.50. The molecule has 98 valence electrons. The fraction of sp³-hybridized carbons (Fsp3) is 0.417. The lowest BCUT2D eigenvalue weighted by Crippen LogP contribution is -2.41. The summed E-state index contributed by atoms with van der Waals surface area (Å²) in [5.74, 6) is -0.395. The Kier molecular flexibility index (Phi) is 5.64. The van der Waals surface area contributed by atoms with Crippen LogP contribution in [-0.2, 0) is 15.3 Å². The van der Waals surface area contributed by atoms with E-state index in [1.54, 1.807) is 6.20 Å². The number of carboxylic acids is 1. The van der Waals surface area contributed by atoms with Gasteiger partial charge in [0, 0.05) is 24.6 Å². The van der Waals surface area contributed by atoms with Gasteiger partial charge in [-0.1, -0.05) is 6.07 Å². The number of aryl methyl sites for hydroxylation is 1. The van der Waals surface area contributed by atoms with Crippen molar-refractivity contribution in [1.82, 2.24) is 10.3 Å². The summed E-state index contributed by atoms with van der Waals surface area (Å²) in [6, 6.07) is 2.98. The normalized spacial score (nSPS) is 11.9. The number of carbonyl (C=O) groups excluding carboxylic acids is 1. The molecule has 1 aromatic rings. The van der Waals surface area contributed by atoms with Gasteiger partial charge in [-0.2, -0.15) is 11.8 Å². The van der Waals surface area contributed by atoms with Crippen LogP contribution in [0.1, 0.15) is 18.2 Å². The molecule has 0 spiro atoms. The van der Waals surface area contributed by atoms with Gasteiger partial charge in [0.15, 0.2) is 0 Å². The Morgan fingerprint density at radius 1 is 1.56 bits per heavy atom. The quantitative estimate of drug-likeness (QED) is 0.810. The molecule has 0 aromatic carbocycles. The lowest BCUT2D eigenvalue weighted by Gasteiger charge is -2.12. The Hall–Kier alpha value is -1.56. The van der Waals surface area contributed by atoms with Crippen LogP contribution in [0.4, 0.5) is 0 Å². The minimum atomic E-state index is -1.02. The molecule has 1 amide bonds. The molecular formula is C12H16N2O3S. The molecule has 6 heteroatoms. The van der Waals surface area contributed by atoms with Crippen LogP contribution < -0.4 is 5.32 Å². The van der Waals surface area contributed by atoms with Crippen LogP contribution in [0.2, 0.25) is 0 Å². The number of pyridine rings is 1. The van der Waals surface area contributed by atoms with Gasteiger partial charge in [-0.15, -0.1) is 0 Å². The van der Waals surface area contributed by atoms with Crippen LogP contribution in [0.3, 0.4) is 0 Å². The minimum Gasteiger partial charge on any atom is -0.480 e. The maximum absolute atomic E-state index is 10.9. The monoisotopic (exact) mass is 268 g/mol. The van der Waals surface area contributed by atoms with Crippen LogP contribution >= 0.6 is 11.8 Å². The van der Waals surface area contributed by atoms with Crippen molar-refractivity contribution in [1.29, 1.82) is 0 Å². The molecule has 0 unspecified atom stereocenters. The van der Waals surface area contributed by atoms with E-state index < -0.39 is 12.0 Å². The highest BCUT2D eigenvalue weighted by molar-refractivity contribution is 7.98. The molecule has 1 atom stereocenters. The third-order valence-electron chi connectivity index (χ3n) is 2.32. The molecule has 0 fully saturated rings. The van der Waals surface area contributed by atoms with Crippen molar-refractivity contribution >= 4 is 23.6 Å².